The maximum Gasteiger partial charge on any atom is 0.265 e. The molecule has 3 N–H and O–H groups in total. The highest BCUT2D eigenvalue weighted by Gasteiger charge is 2.22. The number of nitrogens with one attached hydrogen (secondary N) is 1. The molecular weight excluding hydrogens is 284 g/mol. The third kappa shape index (κ3) is 3.48. The van der Waals surface area contributed by atoms with Gasteiger partial charge in [0.05, 0.1) is 0 Å². The van der Waals surface area contributed by atoms with Gasteiger partial charge in [-0.05, 0) is 38.0 Å². The molecular formula is C15H24N4OS. The number of nitrogens with two attached hydrogens (primary N) is 1. The lowest BCUT2D eigenvalue weighted by atomic mass is 10.1. The van der Waals surface area contributed by atoms with Crippen molar-refractivity contribution in [2.45, 2.75) is 44.9 Å². The number of carbonyl (C=O) groups excluding carboxylic acids is 1. The Bertz CT molecular complexity index is 490. The van der Waals surface area contributed by atoms with Crippen LogP contribution < -0.4 is 16.0 Å². The van der Waals surface area contributed by atoms with E-state index in [0.717, 1.165) is 24.8 Å². The molecule has 6 heteroatoms. The van der Waals surface area contributed by atoms with E-state index >= 15 is 0 Å². The van der Waals surface area contributed by atoms with Crippen molar-refractivity contribution in [1.82, 2.24) is 10.3 Å². The molecule has 0 bridgehead atoms. The molecule has 116 valence electrons. The summed E-state index contributed by atoms with van der Waals surface area (Å²) in [4.78, 5) is 19.5. The van der Waals surface area contributed by atoms with Crippen molar-refractivity contribution in [2.75, 3.05) is 30.3 Å². The minimum Gasteiger partial charge on any atom is -0.382 e. The summed E-state index contributed by atoms with van der Waals surface area (Å²) in [5.74, 6) is 0.967. The summed E-state index contributed by atoms with van der Waals surface area (Å²) in [5, 5.41) is 3.93. The number of hydrogen-bond donors (Lipinski definition) is 2. The number of thiazole rings is 1. The molecule has 0 aromatic carbocycles. The molecule has 0 unspecified atom stereocenters. The molecule has 1 aliphatic heterocycles. The fraction of sp³-hybridized carbons (Fsp3) is 0.733. The van der Waals surface area contributed by atoms with Crippen molar-refractivity contribution in [3.8, 4) is 0 Å². The van der Waals surface area contributed by atoms with Crippen LogP contribution in [0.25, 0.3) is 0 Å². The van der Waals surface area contributed by atoms with E-state index in [1.165, 1.54) is 56.3 Å². The van der Waals surface area contributed by atoms with Crippen molar-refractivity contribution in [2.24, 2.45) is 5.92 Å². The summed E-state index contributed by atoms with van der Waals surface area (Å²) in [5.41, 5.74) is 5.94. The lowest BCUT2D eigenvalue weighted by molar-refractivity contribution is 0.0952. The molecule has 1 aliphatic carbocycles. The van der Waals surface area contributed by atoms with Gasteiger partial charge in [-0.25, -0.2) is 4.98 Å². The number of carbonyl (C=O) groups is 1. The molecule has 5 nitrogen and oxygen atoms in total. The van der Waals surface area contributed by atoms with E-state index in [2.05, 4.69) is 15.2 Å². The van der Waals surface area contributed by atoms with Crippen LogP contribution in [0.15, 0.2) is 0 Å². The lowest BCUT2D eigenvalue weighted by Crippen LogP contribution is -2.29. The Labute approximate surface area is 129 Å². The van der Waals surface area contributed by atoms with Crippen LogP contribution in [0.4, 0.5) is 10.9 Å². The van der Waals surface area contributed by atoms with Crippen molar-refractivity contribution in [3.63, 3.8) is 0 Å². The third-order valence-electron chi connectivity index (χ3n) is 4.50. The largest absolute Gasteiger partial charge is 0.382 e. The van der Waals surface area contributed by atoms with E-state index in [4.69, 9.17) is 5.73 Å². The molecule has 3 rings (SSSR count). The molecule has 1 saturated heterocycles. The highest BCUT2D eigenvalue weighted by atomic mass is 32.1. The van der Waals surface area contributed by atoms with Crippen molar-refractivity contribution >= 4 is 28.2 Å². The second kappa shape index (κ2) is 6.64. The molecule has 0 atom stereocenters. The van der Waals surface area contributed by atoms with E-state index < -0.39 is 0 Å². The molecule has 2 aliphatic rings. The molecule has 1 aromatic heterocycles. The maximum absolute atomic E-state index is 12.3. The zero-order valence-corrected chi connectivity index (χ0v) is 13.3. The van der Waals surface area contributed by atoms with Gasteiger partial charge in [0, 0.05) is 19.6 Å². The van der Waals surface area contributed by atoms with Gasteiger partial charge in [0.1, 0.15) is 10.7 Å². The van der Waals surface area contributed by atoms with E-state index in [0.29, 0.717) is 16.6 Å². The van der Waals surface area contributed by atoms with Gasteiger partial charge in [-0.2, -0.15) is 0 Å². The molecule has 21 heavy (non-hydrogen) atoms. The van der Waals surface area contributed by atoms with Crippen molar-refractivity contribution in [1.29, 1.82) is 0 Å². The molecule has 1 amide bonds. The van der Waals surface area contributed by atoms with Crippen LogP contribution >= 0.6 is 11.3 Å². The Hall–Kier alpha value is -1.30. The third-order valence-corrected chi connectivity index (χ3v) is 5.63. The summed E-state index contributed by atoms with van der Waals surface area (Å²) >= 11 is 1.43. The SMILES string of the molecule is Nc1nc(N2CCCCC2)sc1C(=O)NCC1CCCC1. The average Bonchev–Trinajstić information content (AvgIpc) is 3.15. The summed E-state index contributed by atoms with van der Waals surface area (Å²) in [6.45, 7) is 2.82. The average molecular weight is 308 g/mol. The van der Waals surface area contributed by atoms with Crippen LogP contribution in [0.2, 0.25) is 0 Å². The number of amides is 1. The minimum atomic E-state index is -0.0554. The topological polar surface area (TPSA) is 71.2 Å². The van der Waals surface area contributed by atoms with Crippen molar-refractivity contribution < 1.29 is 4.79 Å². The summed E-state index contributed by atoms with van der Waals surface area (Å²) in [6, 6.07) is 0. The fourth-order valence-electron chi connectivity index (χ4n) is 3.24. The van der Waals surface area contributed by atoms with Crippen LogP contribution in [0.3, 0.4) is 0 Å². The Kier molecular flexibility index (Phi) is 4.63. The van der Waals surface area contributed by atoms with Gasteiger partial charge in [-0.3, -0.25) is 4.79 Å². The molecule has 1 aromatic rings. The monoisotopic (exact) mass is 308 g/mol. The number of rotatable bonds is 4. The number of hydrogen-bond acceptors (Lipinski definition) is 5. The minimum absolute atomic E-state index is 0.0554. The first-order valence-electron chi connectivity index (χ1n) is 8.03. The number of piperidine rings is 1. The predicted octanol–water partition coefficient (Wildman–Crippen LogP) is 2.64. The normalized spacial score (nSPS) is 19.9. The Balaban J connectivity index is 1.61. The first-order valence-corrected chi connectivity index (χ1v) is 8.85. The second-order valence-corrected chi connectivity index (χ2v) is 7.10. The van der Waals surface area contributed by atoms with Gasteiger partial charge in [0.2, 0.25) is 0 Å². The van der Waals surface area contributed by atoms with Gasteiger partial charge >= 0.3 is 0 Å². The van der Waals surface area contributed by atoms with Crippen LogP contribution in [0, 0.1) is 5.92 Å². The second-order valence-electron chi connectivity index (χ2n) is 6.12. The van der Waals surface area contributed by atoms with Gasteiger partial charge in [-0.1, -0.05) is 24.2 Å². The maximum atomic E-state index is 12.3. The van der Waals surface area contributed by atoms with Crippen LogP contribution in [-0.4, -0.2) is 30.5 Å². The van der Waals surface area contributed by atoms with E-state index in [9.17, 15) is 4.79 Å². The summed E-state index contributed by atoms with van der Waals surface area (Å²) in [7, 11) is 0. The molecule has 2 heterocycles. The van der Waals surface area contributed by atoms with E-state index in [1.807, 2.05) is 0 Å². The van der Waals surface area contributed by atoms with E-state index in [-0.39, 0.29) is 5.91 Å². The van der Waals surface area contributed by atoms with Gasteiger partial charge < -0.3 is 16.0 Å². The Morgan fingerprint density at radius 2 is 1.95 bits per heavy atom. The molecule has 2 fully saturated rings. The number of aromatic nitrogens is 1. The molecule has 0 spiro atoms. The predicted molar refractivity (Wildman–Crippen MR) is 86.9 cm³/mol. The Morgan fingerprint density at radius 1 is 1.24 bits per heavy atom. The molecule has 0 radical (unpaired) electrons. The fourth-order valence-corrected chi connectivity index (χ4v) is 4.19. The smallest absolute Gasteiger partial charge is 0.265 e. The van der Waals surface area contributed by atoms with Gasteiger partial charge in [0.15, 0.2) is 5.13 Å². The van der Waals surface area contributed by atoms with Crippen LogP contribution in [0.5, 0.6) is 0 Å². The van der Waals surface area contributed by atoms with Crippen molar-refractivity contribution in [3.05, 3.63) is 4.88 Å². The summed E-state index contributed by atoms with van der Waals surface area (Å²) < 4.78 is 0. The van der Waals surface area contributed by atoms with Gasteiger partial charge in [0.25, 0.3) is 5.91 Å². The lowest BCUT2D eigenvalue weighted by Gasteiger charge is -2.25. The quantitative estimate of drug-likeness (QED) is 0.897. The van der Waals surface area contributed by atoms with E-state index in [1.54, 1.807) is 0 Å². The standard InChI is InChI=1S/C15H24N4OS/c16-13-12(14(20)17-10-11-6-2-3-7-11)21-15(18-13)19-8-4-1-5-9-19/h11H,1-10,16H2,(H,17,20). The molecule has 1 saturated carbocycles. The summed E-state index contributed by atoms with van der Waals surface area (Å²) in [6.07, 6.45) is 8.73. The first-order chi connectivity index (χ1) is 10.2. The van der Waals surface area contributed by atoms with Crippen LogP contribution in [0.1, 0.15) is 54.6 Å². The van der Waals surface area contributed by atoms with Crippen LogP contribution in [-0.2, 0) is 0 Å². The zero-order chi connectivity index (χ0) is 14.7. The zero-order valence-electron chi connectivity index (χ0n) is 12.4. The highest BCUT2D eigenvalue weighted by molar-refractivity contribution is 7.18. The highest BCUT2D eigenvalue weighted by Crippen LogP contribution is 2.30. The number of nitrogen functional groups attached to an aromatic ring is 1. The van der Waals surface area contributed by atoms with Gasteiger partial charge in [-0.15, -0.1) is 0 Å². The Morgan fingerprint density at radius 3 is 2.67 bits per heavy atom. The number of anilines is 2. The number of nitrogens with zero attached hydrogens (tertiary/aromatic N) is 2. The first kappa shape index (κ1) is 14.6.